The predicted octanol–water partition coefficient (Wildman–Crippen LogP) is 1.33. The standard InChI is InChI=1S/C16H20N4O4/c1-23-15(24-2)6-4-11-3-5-12-13(9-17-20(12)10-11)19-8-7-14(21)18-16(19)22/h3,5,9-10,15H,4,6-8H2,1-2H3,(H,18,21,22). The largest absolute Gasteiger partial charge is 0.356 e. The number of carbonyl (C=O) groups is 2. The molecule has 0 radical (unpaired) electrons. The first kappa shape index (κ1) is 16.4. The summed E-state index contributed by atoms with van der Waals surface area (Å²) < 4.78 is 12.1. The molecule has 1 N–H and O–H groups in total. The van der Waals surface area contributed by atoms with Crippen molar-refractivity contribution >= 4 is 23.1 Å². The lowest BCUT2D eigenvalue weighted by Crippen LogP contribution is -2.49. The van der Waals surface area contributed by atoms with Crippen LogP contribution in [0.3, 0.4) is 0 Å². The molecule has 0 spiro atoms. The Morgan fingerprint density at radius 2 is 2.08 bits per heavy atom. The number of aromatic nitrogens is 2. The number of carbonyl (C=O) groups excluding carboxylic acids is 2. The number of aryl methyl sites for hydroxylation is 1. The topological polar surface area (TPSA) is 85.2 Å². The van der Waals surface area contributed by atoms with E-state index >= 15 is 0 Å². The number of rotatable bonds is 6. The Kier molecular flexibility index (Phi) is 4.77. The normalized spacial score (nSPS) is 15.4. The molecule has 3 rings (SSSR count). The van der Waals surface area contributed by atoms with Crippen molar-refractivity contribution in [2.24, 2.45) is 0 Å². The second-order valence-electron chi connectivity index (χ2n) is 5.59. The van der Waals surface area contributed by atoms with Crippen molar-refractivity contribution in [2.75, 3.05) is 25.7 Å². The number of nitrogens with one attached hydrogen (secondary N) is 1. The summed E-state index contributed by atoms with van der Waals surface area (Å²) in [6.45, 7) is 0.358. The summed E-state index contributed by atoms with van der Waals surface area (Å²) in [6.07, 6.45) is 5.15. The smallest absolute Gasteiger partial charge is 0.328 e. The summed E-state index contributed by atoms with van der Waals surface area (Å²) in [4.78, 5) is 24.8. The van der Waals surface area contributed by atoms with Crippen molar-refractivity contribution in [3.63, 3.8) is 0 Å². The van der Waals surface area contributed by atoms with Crippen LogP contribution in [0, 0.1) is 0 Å². The number of anilines is 1. The third-order valence-corrected chi connectivity index (χ3v) is 4.10. The van der Waals surface area contributed by atoms with Crippen LogP contribution in [0.15, 0.2) is 24.5 Å². The van der Waals surface area contributed by atoms with Crippen LogP contribution in [0.25, 0.3) is 5.52 Å². The minimum absolute atomic E-state index is 0.233. The molecule has 0 aromatic carbocycles. The Bertz CT molecular complexity index is 754. The molecule has 1 aliphatic rings. The van der Waals surface area contributed by atoms with Crippen molar-refractivity contribution in [3.05, 3.63) is 30.1 Å². The van der Waals surface area contributed by atoms with E-state index in [2.05, 4.69) is 10.4 Å². The minimum Gasteiger partial charge on any atom is -0.356 e. The monoisotopic (exact) mass is 332 g/mol. The SMILES string of the molecule is COC(CCc1ccc2c(N3CCC(=O)NC3=O)cnn2c1)OC. The lowest BCUT2D eigenvalue weighted by atomic mass is 10.1. The van der Waals surface area contributed by atoms with Crippen molar-refractivity contribution in [1.82, 2.24) is 14.9 Å². The van der Waals surface area contributed by atoms with E-state index in [1.54, 1.807) is 24.9 Å². The molecule has 1 saturated heterocycles. The van der Waals surface area contributed by atoms with E-state index in [0.717, 1.165) is 23.9 Å². The van der Waals surface area contributed by atoms with Gasteiger partial charge in [0.1, 0.15) is 0 Å². The summed E-state index contributed by atoms with van der Waals surface area (Å²) in [5.74, 6) is -0.249. The number of amides is 3. The van der Waals surface area contributed by atoms with Gasteiger partial charge < -0.3 is 9.47 Å². The maximum Gasteiger partial charge on any atom is 0.328 e. The first-order valence-electron chi connectivity index (χ1n) is 7.75. The van der Waals surface area contributed by atoms with Crippen LogP contribution in [0.4, 0.5) is 10.5 Å². The van der Waals surface area contributed by atoms with Crippen molar-refractivity contribution in [3.8, 4) is 0 Å². The Labute approximate surface area is 139 Å². The highest BCUT2D eigenvalue weighted by atomic mass is 16.7. The molecule has 3 amide bonds. The Hall–Kier alpha value is -2.45. The highest BCUT2D eigenvalue weighted by molar-refractivity contribution is 6.07. The molecule has 3 heterocycles. The van der Waals surface area contributed by atoms with Crippen LogP contribution in [0.5, 0.6) is 0 Å². The molecule has 0 saturated carbocycles. The Morgan fingerprint density at radius 3 is 2.79 bits per heavy atom. The lowest BCUT2D eigenvalue weighted by Gasteiger charge is -2.25. The third kappa shape index (κ3) is 3.24. The van der Waals surface area contributed by atoms with Gasteiger partial charge in [-0.3, -0.25) is 15.0 Å². The van der Waals surface area contributed by atoms with Gasteiger partial charge in [0.25, 0.3) is 0 Å². The number of hydrogen-bond donors (Lipinski definition) is 1. The molecule has 0 bridgehead atoms. The summed E-state index contributed by atoms with van der Waals surface area (Å²) in [6, 6.07) is 3.51. The fourth-order valence-electron chi connectivity index (χ4n) is 2.78. The second kappa shape index (κ2) is 6.98. The van der Waals surface area contributed by atoms with E-state index in [-0.39, 0.29) is 18.6 Å². The highest BCUT2D eigenvalue weighted by Gasteiger charge is 2.26. The van der Waals surface area contributed by atoms with Crippen LogP contribution in [-0.4, -0.2) is 48.6 Å². The summed E-state index contributed by atoms with van der Waals surface area (Å²) in [7, 11) is 3.23. The molecule has 2 aromatic heterocycles. The van der Waals surface area contributed by atoms with Gasteiger partial charge in [0.05, 0.1) is 17.4 Å². The van der Waals surface area contributed by atoms with Gasteiger partial charge in [-0.2, -0.15) is 5.10 Å². The van der Waals surface area contributed by atoms with Crippen molar-refractivity contribution < 1.29 is 19.1 Å². The number of imide groups is 1. The fraction of sp³-hybridized carbons (Fsp3) is 0.438. The maximum atomic E-state index is 12.0. The highest BCUT2D eigenvalue weighted by Crippen LogP contribution is 2.24. The first-order chi connectivity index (χ1) is 11.6. The number of hydrogen-bond acceptors (Lipinski definition) is 5. The summed E-state index contributed by atoms with van der Waals surface area (Å²) in [5.41, 5.74) is 2.60. The Balaban J connectivity index is 1.78. The van der Waals surface area contributed by atoms with Crippen molar-refractivity contribution in [1.29, 1.82) is 0 Å². The molecular formula is C16H20N4O4. The van der Waals surface area contributed by atoms with E-state index < -0.39 is 6.03 Å². The zero-order chi connectivity index (χ0) is 17.1. The molecule has 1 fully saturated rings. The molecule has 0 unspecified atom stereocenters. The van der Waals surface area contributed by atoms with Crippen LogP contribution in [0.1, 0.15) is 18.4 Å². The van der Waals surface area contributed by atoms with Crippen LogP contribution in [-0.2, 0) is 20.7 Å². The second-order valence-corrected chi connectivity index (χ2v) is 5.59. The van der Waals surface area contributed by atoms with E-state index in [1.165, 1.54) is 4.90 Å². The number of methoxy groups -OCH3 is 2. The van der Waals surface area contributed by atoms with Gasteiger partial charge >= 0.3 is 6.03 Å². The molecule has 128 valence electrons. The number of pyridine rings is 1. The first-order valence-corrected chi connectivity index (χ1v) is 7.75. The van der Waals surface area contributed by atoms with E-state index in [1.807, 2.05) is 18.3 Å². The van der Waals surface area contributed by atoms with Gasteiger partial charge in [0.15, 0.2) is 6.29 Å². The Morgan fingerprint density at radius 1 is 1.29 bits per heavy atom. The van der Waals surface area contributed by atoms with Crippen LogP contribution in [0.2, 0.25) is 0 Å². The van der Waals surface area contributed by atoms with E-state index in [4.69, 9.17) is 9.47 Å². The zero-order valence-electron chi connectivity index (χ0n) is 13.7. The fourth-order valence-corrected chi connectivity index (χ4v) is 2.78. The lowest BCUT2D eigenvalue weighted by molar-refractivity contribution is -0.120. The maximum absolute atomic E-state index is 12.0. The zero-order valence-corrected chi connectivity index (χ0v) is 13.7. The summed E-state index contributed by atoms with van der Waals surface area (Å²) in [5, 5.41) is 6.65. The number of fused-ring (bicyclic) bond motifs is 1. The molecular weight excluding hydrogens is 312 g/mol. The van der Waals surface area contributed by atoms with Crippen molar-refractivity contribution in [2.45, 2.75) is 25.6 Å². The average molecular weight is 332 g/mol. The molecule has 2 aromatic rings. The van der Waals surface area contributed by atoms with Crippen LogP contribution < -0.4 is 10.2 Å². The van der Waals surface area contributed by atoms with Crippen LogP contribution >= 0.6 is 0 Å². The van der Waals surface area contributed by atoms with Gasteiger partial charge in [-0.1, -0.05) is 6.07 Å². The van der Waals surface area contributed by atoms with E-state index in [9.17, 15) is 9.59 Å². The molecule has 0 atom stereocenters. The van der Waals surface area contributed by atoms with Gasteiger partial charge in [-0.15, -0.1) is 0 Å². The van der Waals surface area contributed by atoms with E-state index in [0.29, 0.717) is 12.2 Å². The van der Waals surface area contributed by atoms with Gasteiger partial charge in [0.2, 0.25) is 5.91 Å². The quantitative estimate of drug-likeness (QED) is 0.807. The molecule has 24 heavy (non-hydrogen) atoms. The predicted molar refractivity (Wildman–Crippen MR) is 86.8 cm³/mol. The number of ether oxygens (including phenoxy) is 2. The molecule has 1 aliphatic heterocycles. The van der Waals surface area contributed by atoms with Gasteiger partial charge in [-0.05, 0) is 18.1 Å². The molecule has 0 aliphatic carbocycles. The summed E-state index contributed by atoms with van der Waals surface area (Å²) >= 11 is 0. The minimum atomic E-state index is -0.409. The van der Waals surface area contributed by atoms with Gasteiger partial charge in [0, 0.05) is 39.8 Å². The number of nitrogens with zero attached hydrogens (tertiary/aromatic N) is 3. The third-order valence-electron chi connectivity index (χ3n) is 4.10. The average Bonchev–Trinajstić information content (AvgIpc) is 2.99. The number of urea groups is 1. The molecule has 8 nitrogen and oxygen atoms in total. The molecule has 8 heteroatoms. The van der Waals surface area contributed by atoms with Gasteiger partial charge in [-0.25, -0.2) is 9.31 Å².